The fourth-order valence-corrected chi connectivity index (χ4v) is 3.02. The van der Waals surface area contributed by atoms with Crippen molar-refractivity contribution in [1.29, 1.82) is 0 Å². The van der Waals surface area contributed by atoms with E-state index in [9.17, 15) is 0 Å². The zero-order valence-corrected chi connectivity index (χ0v) is 18.5. The van der Waals surface area contributed by atoms with Crippen LogP contribution >= 0.6 is 0 Å². The van der Waals surface area contributed by atoms with Gasteiger partial charge in [0.25, 0.3) is 0 Å². The van der Waals surface area contributed by atoms with Gasteiger partial charge in [0.05, 0.1) is 6.61 Å². The van der Waals surface area contributed by atoms with Gasteiger partial charge >= 0.3 is 0 Å². The lowest BCUT2D eigenvalue weighted by Crippen LogP contribution is -1.96. The van der Waals surface area contributed by atoms with Crippen LogP contribution < -0.4 is 4.74 Å². The van der Waals surface area contributed by atoms with Crippen molar-refractivity contribution in [1.82, 2.24) is 0 Å². The van der Waals surface area contributed by atoms with Gasteiger partial charge in [0.1, 0.15) is 5.75 Å². The summed E-state index contributed by atoms with van der Waals surface area (Å²) in [5.41, 5.74) is 3.41. The number of ether oxygens (including phenoxy) is 1. The van der Waals surface area contributed by atoms with Gasteiger partial charge in [-0.15, -0.1) is 0 Å². The van der Waals surface area contributed by atoms with E-state index in [0.29, 0.717) is 0 Å². The number of unbranched alkanes of at least 4 members (excludes halogenated alkanes) is 5. The molecule has 0 aliphatic carbocycles. The lowest BCUT2D eigenvalue weighted by atomic mass is 10.1. The van der Waals surface area contributed by atoms with Crippen LogP contribution in [0.5, 0.6) is 5.75 Å². The van der Waals surface area contributed by atoms with Gasteiger partial charge in [0.15, 0.2) is 0 Å². The van der Waals surface area contributed by atoms with E-state index in [2.05, 4.69) is 61.8 Å². The molecule has 2 aromatic carbocycles. The molecule has 156 valence electrons. The third-order valence-corrected chi connectivity index (χ3v) is 4.83. The molecule has 0 saturated carbocycles. The molecule has 0 bridgehead atoms. The maximum atomic E-state index is 5.76. The van der Waals surface area contributed by atoms with E-state index in [1.54, 1.807) is 12.2 Å². The third-order valence-electron chi connectivity index (χ3n) is 4.83. The Morgan fingerprint density at radius 3 is 1.83 bits per heavy atom. The fourth-order valence-electron chi connectivity index (χ4n) is 3.02. The van der Waals surface area contributed by atoms with Gasteiger partial charge in [-0.05, 0) is 73.4 Å². The van der Waals surface area contributed by atoms with E-state index in [-0.39, 0.29) is 0 Å². The van der Waals surface area contributed by atoms with Crippen molar-refractivity contribution in [3.63, 3.8) is 0 Å². The smallest absolute Gasteiger partial charge is 0.119 e. The summed E-state index contributed by atoms with van der Waals surface area (Å²) in [5.74, 6) is 13.3. The largest absolute Gasteiger partial charge is 0.494 e. The molecule has 2 aromatic rings. The van der Waals surface area contributed by atoms with Gasteiger partial charge in [-0.3, -0.25) is 0 Å². The van der Waals surface area contributed by atoms with Crippen molar-refractivity contribution < 1.29 is 4.74 Å². The zero-order chi connectivity index (χ0) is 21.3. The number of hydrogen-bond acceptors (Lipinski definition) is 1. The highest BCUT2D eigenvalue weighted by Gasteiger charge is 1.94. The highest BCUT2D eigenvalue weighted by molar-refractivity contribution is 5.42. The highest BCUT2D eigenvalue weighted by atomic mass is 16.5. The molecular weight excluding hydrogens is 364 g/mol. The Hall–Kier alpha value is -2.90. The summed E-state index contributed by atoms with van der Waals surface area (Å²) in [7, 11) is 0. The minimum absolute atomic E-state index is 0.786. The quantitative estimate of drug-likeness (QED) is 0.300. The van der Waals surface area contributed by atoms with Crippen molar-refractivity contribution in [3.05, 3.63) is 77.4 Å². The Labute approximate surface area is 183 Å². The van der Waals surface area contributed by atoms with E-state index >= 15 is 0 Å². The third kappa shape index (κ3) is 10.0. The molecule has 0 aliphatic heterocycles. The average molecular weight is 399 g/mol. The van der Waals surface area contributed by atoms with Crippen molar-refractivity contribution in [2.24, 2.45) is 0 Å². The molecule has 1 heteroatoms. The number of benzene rings is 2. The van der Waals surface area contributed by atoms with Gasteiger partial charge in [-0.25, -0.2) is 0 Å². The minimum atomic E-state index is 0.786. The van der Waals surface area contributed by atoms with E-state index in [1.807, 2.05) is 24.3 Å². The molecule has 0 amide bonds. The molecule has 0 aliphatic rings. The molecular formula is C29H34O. The molecule has 0 spiro atoms. The Morgan fingerprint density at radius 2 is 1.23 bits per heavy atom. The lowest BCUT2D eigenvalue weighted by Gasteiger charge is -2.05. The van der Waals surface area contributed by atoms with Crippen LogP contribution in [-0.2, 0) is 6.42 Å². The molecule has 30 heavy (non-hydrogen) atoms. The molecule has 0 radical (unpaired) electrons. The van der Waals surface area contributed by atoms with Crippen LogP contribution in [0.2, 0.25) is 0 Å². The molecule has 1 nitrogen and oxygen atoms in total. The van der Waals surface area contributed by atoms with Crippen LogP contribution in [0.4, 0.5) is 0 Å². The van der Waals surface area contributed by atoms with Crippen LogP contribution in [0, 0.1) is 23.7 Å². The normalized spacial score (nSPS) is 10.2. The summed E-state index contributed by atoms with van der Waals surface area (Å²) in [6.45, 7) is 5.24. The minimum Gasteiger partial charge on any atom is -0.494 e. The van der Waals surface area contributed by atoms with E-state index in [0.717, 1.165) is 36.3 Å². The Morgan fingerprint density at radius 1 is 0.667 bits per heavy atom. The second-order valence-electron chi connectivity index (χ2n) is 7.46. The highest BCUT2D eigenvalue weighted by Crippen LogP contribution is 2.12. The van der Waals surface area contributed by atoms with Crippen LogP contribution in [0.15, 0.2) is 60.7 Å². The van der Waals surface area contributed by atoms with Gasteiger partial charge in [0.2, 0.25) is 0 Å². The topological polar surface area (TPSA) is 9.23 Å². The Balaban J connectivity index is 1.75. The first kappa shape index (κ1) is 23.4. The standard InChI is InChI=1S/C29H34O/c1-3-5-7-13-25-30-29-23-21-28(22-24-29)16-12-9-8-11-15-27-19-17-26(18-20-27)14-10-6-4-2/h8-9,17-24H,3-7,10,13-14,25H2,1-2H3. The molecule has 0 saturated heterocycles. The Bertz CT molecular complexity index is 864. The predicted octanol–water partition coefficient (Wildman–Crippen LogP) is 7.34. The van der Waals surface area contributed by atoms with Crippen LogP contribution in [0.25, 0.3) is 0 Å². The van der Waals surface area contributed by atoms with Crippen LogP contribution in [0.1, 0.15) is 75.5 Å². The molecule has 0 heterocycles. The average Bonchev–Trinajstić information content (AvgIpc) is 2.78. The summed E-state index contributed by atoms with van der Waals surface area (Å²) in [6, 6.07) is 16.5. The van der Waals surface area contributed by atoms with E-state index < -0.39 is 0 Å². The first-order valence-corrected chi connectivity index (χ1v) is 11.3. The molecule has 0 atom stereocenters. The summed E-state index contributed by atoms with van der Waals surface area (Å²) in [4.78, 5) is 0. The van der Waals surface area contributed by atoms with Crippen LogP contribution in [-0.4, -0.2) is 6.61 Å². The lowest BCUT2D eigenvalue weighted by molar-refractivity contribution is 0.305. The first-order valence-electron chi connectivity index (χ1n) is 11.3. The van der Waals surface area contributed by atoms with Gasteiger partial charge < -0.3 is 4.74 Å². The molecule has 0 unspecified atom stereocenters. The predicted molar refractivity (Wildman–Crippen MR) is 129 cm³/mol. The number of aryl methyl sites for hydroxylation is 1. The van der Waals surface area contributed by atoms with Gasteiger partial charge in [-0.1, -0.05) is 81.8 Å². The number of hydrogen-bond donors (Lipinski definition) is 0. The molecule has 0 fully saturated rings. The zero-order valence-electron chi connectivity index (χ0n) is 18.5. The monoisotopic (exact) mass is 398 g/mol. The van der Waals surface area contributed by atoms with Crippen molar-refractivity contribution in [2.75, 3.05) is 6.61 Å². The Kier molecular flexibility index (Phi) is 11.7. The van der Waals surface area contributed by atoms with Crippen molar-refractivity contribution in [3.8, 4) is 29.4 Å². The summed E-state index contributed by atoms with van der Waals surface area (Å²) in [6.07, 6.45) is 13.5. The molecule has 0 aromatic heterocycles. The maximum absolute atomic E-state index is 5.76. The molecule has 0 N–H and O–H groups in total. The van der Waals surface area contributed by atoms with Crippen LogP contribution in [0.3, 0.4) is 0 Å². The SMILES string of the molecule is CCCCCCOc1ccc(C#CC=CC#Cc2ccc(CCCCC)cc2)cc1. The van der Waals surface area contributed by atoms with E-state index in [1.165, 1.54) is 44.1 Å². The number of allylic oxidation sites excluding steroid dienone is 2. The summed E-state index contributed by atoms with van der Waals surface area (Å²) < 4.78 is 5.76. The van der Waals surface area contributed by atoms with Crippen molar-refractivity contribution in [2.45, 2.75) is 65.2 Å². The summed E-state index contributed by atoms with van der Waals surface area (Å²) >= 11 is 0. The number of rotatable bonds is 10. The van der Waals surface area contributed by atoms with E-state index in [4.69, 9.17) is 4.74 Å². The second-order valence-corrected chi connectivity index (χ2v) is 7.46. The fraction of sp³-hybridized carbons (Fsp3) is 0.379. The first-order chi connectivity index (χ1) is 14.8. The second kappa shape index (κ2) is 15.0. The maximum Gasteiger partial charge on any atom is 0.119 e. The summed E-state index contributed by atoms with van der Waals surface area (Å²) in [5, 5.41) is 0. The van der Waals surface area contributed by atoms with Crippen molar-refractivity contribution >= 4 is 0 Å². The van der Waals surface area contributed by atoms with Gasteiger partial charge in [0, 0.05) is 11.1 Å². The molecule has 2 rings (SSSR count). The van der Waals surface area contributed by atoms with Gasteiger partial charge in [-0.2, -0.15) is 0 Å².